The summed E-state index contributed by atoms with van der Waals surface area (Å²) >= 11 is 0. The quantitative estimate of drug-likeness (QED) is 0.709. The van der Waals surface area contributed by atoms with Gasteiger partial charge in [0.15, 0.2) is 0 Å². The lowest BCUT2D eigenvalue weighted by Crippen LogP contribution is -2.12. The second-order valence-corrected chi connectivity index (χ2v) is 4.42. The minimum atomic E-state index is 0.551. The summed E-state index contributed by atoms with van der Waals surface area (Å²) in [6, 6.07) is 13.9. The third kappa shape index (κ3) is 1.95. The predicted molar refractivity (Wildman–Crippen MR) is 78.8 cm³/mol. The third-order valence-corrected chi connectivity index (χ3v) is 3.24. The molecule has 0 spiro atoms. The molecule has 3 rings (SSSR count). The highest BCUT2D eigenvalue weighted by Gasteiger charge is 2.14. The summed E-state index contributed by atoms with van der Waals surface area (Å²) in [4.78, 5) is 10.4. The standard InChI is InChI=1S/C16H12N4/c1-20(13-5-4-8-18-11-13)16-12(9-17)10-19-15-7-3-2-6-14(15)16/h2-8,10-11H,1H3. The third-order valence-electron chi connectivity index (χ3n) is 3.24. The van der Waals surface area contributed by atoms with Crippen LogP contribution in [0.4, 0.5) is 11.4 Å². The molecule has 0 unspecified atom stereocenters. The van der Waals surface area contributed by atoms with Crippen molar-refractivity contribution in [3.63, 3.8) is 0 Å². The molecule has 0 saturated carbocycles. The van der Waals surface area contributed by atoms with Gasteiger partial charge in [-0.25, -0.2) is 0 Å². The molecular formula is C16H12N4. The molecule has 2 aromatic heterocycles. The molecule has 0 atom stereocenters. The van der Waals surface area contributed by atoms with Crippen LogP contribution in [0.2, 0.25) is 0 Å². The van der Waals surface area contributed by atoms with Crippen molar-refractivity contribution in [3.05, 3.63) is 60.6 Å². The number of rotatable bonds is 2. The summed E-state index contributed by atoms with van der Waals surface area (Å²) in [7, 11) is 1.93. The number of nitriles is 1. The molecule has 20 heavy (non-hydrogen) atoms. The van der Waals surface area contributed by atoms with Crippen LogP contribution in [0.5, 0.6) is 0 Å². The van der Waals surface area contributed by atoms with Gasteiger partial charge in [0.1, 0.15) is 6.07 Å². The monoisotopic (exact) mass is 260 g/mol. The van der Waals surface area contributed by atoms with Crippen LogP contribution in [0.1, 0.15) is 5.56 Å². The first-order chi connectivity index (χ1) is 9.81. The molecule has 4 nitrogen and oxygen atoms in total. The first kappa shape index (κ1) is 12.1. The largest absolute Gasteiger partial charge is 0.342 e. The SMILES string of the molecule is CN(c1cccnc1)c1c(C#N)cnc2ccccc12. The van der Waals surface area contributed by atoms with E-state index in [0.29, 0.717) is 5.56 Å². The number of nitrogens with zero attached hydrogens (tertiary/aromatic N) is 4. The van der Waals surface area contributed by atoms with Gasteiger partial charge in [-0.1, -0.05) is 18.2 Å². The van der Waals surface area contributed by atoms with E-state index in [9.17, 15) is 5.26 Å². The molecule has 2 heterocycles. The van der Waals surface area contributed by atoms with E-state index in [4.69, 9.17) is 0 Å². The van der Waals surface area contributed by atoms with Crippen LogP contribution in [0.3, 0.4) is 0 Å². The van der Waals surface area contributed by atoms with Crippen molar-refractivity contribution >= 4 is 22.3 Å². The number of fused-ring (bicyclic) bond motifs is 1. The molecule has 0 N–H and O–H groups in total. The fraction of sp³-hybridized carbons (Fsp3) is 0.0625. The number of pyridine rings is 2. The van der Waals surface area contributed by atoms with Gasteiger partial charge in [-0.3, -0.25) is 9.97 Å². The van der Waals surface area contributed by atoms with Crippen molar-refractivity contribution in [2.24, 2.45) is 0 Å². The maximum Gasteiger partial charge on any atom is 0.103 e. The topological polar surface area (TPSA) is 52.8 Å². The Balaban J connectivity index is 2.27. The molecule has 96 valence electrons. The Morgan fingerprint density at radius 3 is 2.70 bits per heavy atom. The van der Waals surface area contributed by atoms with Crippen molar-refractivity contribution in [3.8, 4) is 6.07 Å². The minimum absolute atomic E-state index is 0.551. The number of hydrogen-bond acceptors (Lipinski definition) is 4. The van der Waals surface area contributed by atoms with Crippen molar-refractivity contribution < 1.29 is 0 Å². The van der Waals surface area contributed by atoms with E-state index in [1.165, 1.54) is 0 Å². The zero-order valence-electron chi connectivity index (χ0n) is 11.0. The Kier molecular flexibility index (Phi) is 3.02. The van der Waals surface area contributed by atoms with E-state index in [2.05, 4.69) is 16.0 Å². The molecule has 0 amide bonds. The Labute approximate surface area is 116 Å². The van der Waals surface area contributed by atoms with Crippen molar-refractivity contribution in [1.29, 1.82) is 5.26 Å². The molecule has 0 aliphatic rings. The van der Waals surface area contributed by atoms with Crippen LogP contribution in [-0.2, 0) is 0 Å². The van der Waals surface area contributed by atoms with Gasteiger partial charge in [-0.05, 0) is 18.2 Å². The van der Waals surface area contributed by atoms with E-state index < -0.39 is 0 Å². The fourth-order valence-electron chi connectivity index (χ4n) is 2.25. The average molecular weight is 260 g/mol. The van der Waals surface area contributed by atoms with Crippen LogP contribution >= 0.6 is 0 Å². The summed E-state index contributed by atoms with van der Waals surface area (Å²) in [5.74, 6) is 0. The second-order valence-electron chi connectivity index (χ2n) is 4.42. The van der Waals surface area contributed by atoms with E-state index >= 15 is 0 Å². The van der Waals surface area contributed by atoms with Crippen LogP contribution < -0.4 is 4.90 Å². The van der Waals surface area contributed by atoms with Crippen LogP contribution in [0, 0.1) is 11.3 Å². The van der Waals surface area contributed by atoms with E-state index in [1.807, 2.05) is 48.3 Å². The van der Waals surface area contributed by atoms with Gasteiger partial charge in [0, 0.05) is 24.8 Å². The Morgan fingerprint density at radius 1 is 1.10 bits per heavy atom. The molecule has 0 bridgehead atoms. The van der Waals surface area contributed by atoms with Crippen LogP contribution in [-0.4, -0.2) is 17.0 Å². The lowest BCUT2D eigenvalue weighted by molar-refractivity contribution is 1.17. The summed E-state index contributed by atoms with van der Waals surface area (Å²) in [6.45, 7) is 0. The lowest BCUT2D eigenvalue weighted by atomic mass is 10.1. The van der Waals surface area contributed by atoms with Crippen molar-refractivity contribution in [2.75, 3.05) is 11.9 Å². The van der Waals surface area contributed by atoms with Gasteiger partial charge in [-0.15, -0.1) is 0 Å². The Morgan fingerprint density at radius 2 is 1.95 bits per heavy atom. The maximum absolute atomic E-state index is 9.34. The van der Waals surface area contributed by atoms with E-state index in [-0.39, 0.29) is 0 Å². The number of hydrogen-bond donors (Lipinski definition) is 0. The zero-order valence-corrected chi connectivity index (χ0v) is 11.0. The average Bonchev–Trinajstić information content (AvgIpc) is 2.54. The number of anilines is 2. The molecule has 3 aromatic rings. The van der Waals surface area contributed by atoms with E-state index in [0.717, 1.165) is 22.3 Å². The Hall–Kier alpha value is -2.93. The van der Waals surface area contributed by atoms with Gasteiger partial charge >= 0.3 is 0 Å². The van der Waals surface area contributed by atoms with Crippen LogP contribution in [0.25, 0.3) is 10.9 Å². The normalized spacial score (nSPS) is 10.2. The lowest BCUT2D eigenvalue weighted by Gasteiger charge is -2.21. The highest BCUT2D eigenvalue weighted by molar-refractivity contribution is 5.96. The number of benzene rings is 1. The van der Waals surface area contributed by atoms with Gasteiger partial charge in [0.25, 0.3) is 0 Å². The molecule has 4 heteroatoms. The van der Waals surface area contributed by atoms with Crippen molar-refractivity contribution in [2.45, 2.75) is 0 Å². The van der Waals surface area contributed by atoms with Gasteiger partial charge in [-0.2, -0.15) is 5.26 Å². The fourth-order valence-corrected chi connectivity index (χ4v) is 2.25. The smallest absolute Gasteiger partial charge is 0.103 e. The molecule has 0 saturated heterocycles. The molecule has 0 radical (unpaired) electrons. The van der Waals surface area contributed by atoms with Crippen LogP contribution in [0.15, 0.2) is 55.0 Å². The minimum Gasteiger partial charge on any atom is -0.342 e. The molecule has 0 aliphatic carbocycles. The van der Waals surface area contributed by atoms with E-state index in [1.54, 1.807) is 18.6 Å². The highest BCUT2D eigenvalue weighted by atomic mass is 15.1. The van der Waals surface area contributed by atoms with Crippen molar-refractivity contribution in [1.82, 2.24) is 9.97 Å². The van der Waals surface area contributed by atoms with Gasteiger partial charge < -0.3 is 4.90 Å². The predicted octanol–water partition coefficient (Wildman–Crippen LogP) is 3.27. The molecular weight excluding hydrogens is 248 g/mol. The zero-order chi connectivity index (χ0) is 13.9. The maximum atomic E-state index is 9.34. The molecule has 0 aliphatic heterocycles. The summed E-state index contributed by atoms with van der Waals surface area (Å²) < 4.78 is 0. The molecule has 0 fully saturated rings. The first-order valence-corrected chi connectivity index (χ1v) is 6.23. The summed E-state index contributed by atoms with van der Waals surface area (Å²) in [6.07, 6.45) is 5.12. The first-order valence-electron chi connectivity index (χ1n) is 6.23. The van der Waals surface area contributed by atoms with Gasteiger partial charge in [0.05, 0.1) is 28.7 Å². The summed E-state index contributed by atoms with van der Waals surface area (Å²) in [5.41, 5.74) is 3.21. The Bertz CT molecular complexity index is 790. The number of para-hydroxylation sites is 1. The second kappa shape index (κ2) is 4.98. The number of aromatic nitrogens is 2. The highest BCUT2D eigenvalue weighted by Crippen LogP contribution is 2.32. The summed E-state index contributed by atoms with van der Waals surface area (Å²) in [5, 5.41) is 10.3. The molecule has 1 aromatic carbocycles. The van der Waals surface area contributed by atoms with Gasteiger partial charge in [0.2, 0.25) is 0 Å².